The molecule has 0 aliphatic carbocycles. The summed E-state index contributed by atoms with van der Waals surface area (Å²) in [5.74, 6) is 0.469. The molecule has 156 valence electrons. The van der Waals surface area contributed by atoms with Crippen LogP contribution in [0.3, 0.4) is 0 Å². The molecule has 3 rings (SSSR count). The summed E-state index contributed by atoms with van der Waals surface area (Å²) >= 11 is 0. The minimum Gasteiger partial charge on any atom is -0.476 e. The van der Waals surface area contributed by atoms with E-state index in [4.69, 9.17) is 18.9 Å². The Hall–Kier alpha value is -1.97. The maximum Gasteiger partial charge on any atom is 0.270 e. The molecule has 2 saturated heterocycles. The first-order chi connectivity index (χ1) is 13.6. The van der Waals surface area contributed by atoms with Crippen LogP contribution in [0.4, 0.5) is 10.1 Å². The minimum atomic E-state index is -0.545. The minimum absolute atomic E-state index is 0.0222. The zero-order chi connectivity index (χ0) is 19.9. The Balaban J connectivity index is 1.64. The van der Waals surface area contributed by atoms with Crippen molar-refractivity contribution in [2.75, 3.05) is 64.8 Å². The number of halogens is 1. The van der Waals surface area contributed by atoms with Crippen molar-refractivity contribution in [1.29, 1.82) is 0 Å². The van der Waals surface area contributed by atoms with Gasteiger partial charge in [-0.15, -0.1) is 0 Å². The molecule has 0 bridgehead atoms. The lowest BCUT2D eigenvalue weighted by Gasteiger charge is -2.40. The highest BCUT2D eigenvalue weighted by atomic mass is 19.1. The number of carbonyl (C=O) groups excluding carboxylic acids is 1. The van der Waals surface area contributed by atoms with E-state index >= 15 is 0 Å². The fourth-order valence-corrected chi connectivity index (χ4v) is 2.92. The van der Waals surface area contributed by atoms with Crippen LogP contribution in [0.25, 0.3) is 0 Å². The molecule has 0 radical (unpaired) electrons. The Kier molecular flexibility index (Phi) is 7.41. The average Bonchev–Trinajstić information content (AvgIpc) is 2.60. The van der Waals surface area contributed by atoms with Gasteiger partial charge in [0.15, 0.2) is 0 Å². The lowest BCUT2D eigenvalue weighted by atomic mass is 10.1. The number of anilines is 1. The molecule has 8 nitrogen and oxygen atoms in total. The Morgan fingerprint density at radius 3 is 2.86 bits per heavy atom. The third-order valence-corrected chi connectivity index (χ3v) is 4.72. The van der Waals surface area contributed by atoms with Crippen LogP contribution in [0.5, 0.6) is 5.88 Å². The topological polar surface area (TPSA) is 82.2 Å². The summed E-state index contributed by atoms with van der Waals surface area (Å²) in [6.07, 6.45) is 0.195. The first-order valence-corrected chi connectivity index (χ1v) is 9.54. The normalized spacial score (nSPS) is 18.3. The third-order valence-electron chi connectivity index (χ3n) is 4.72. The van der Waals surface area contributed by atoms with Gasteiger partial charge in [0.2, 0.25) is 5.88 Å². The molecule has 2 aliphatic rings. The van der Waals surface area contributed by atoms with E-state index in [0.29, 0.717) is 31.6 Å². The SMILES string of the molecule is COC1CN(c2ccc(C(=O)N[C@@H](C)COCCF)nc2OCC2COC2)C1. The number of nitrogens with one attached hydrogen (secondary N) is 1. The maximum absolute atomic E-state index is 12.5. The first-order valence-electron chi connectivity index (χ1n) is 9.54. The predicted molar refractivity (Wildman–Crippen MR) is 101 cm³/mol. The molecule has 1 atom stereocenters. The number of hydrogen-bond donors (Lipinski definition) is 1. The number of carbonyl (C=O) groups is 1. The summed E-state index contributed by atoms with van der Waals surface area (Å²) in [4.78, 5) is 19.1. The van der Waals surface area contributed by atoms with Crippen molar-refractivity contribution in [3.63, 3.8) is 0 Å². The molecule has 2 aliphatic heterocycles. The molecule has 1 N–H and O–H groups in total. The fraction of sp³-hybridized carbons (Fsp3) is 0.684. The van der Waals surface area contributed by atoms with Gasteiger partial charge in [0.05, 0.1) is 39.1 Å². The number of rotatable bonds is 11. The highest BCUT2D eigenvalue weighted by Crippen LogP contribution is 2.31. The van der Waals surface area contributed by atoms with Gasteiger partial charge in [0.1, 0.15) is 18.1 Å². The second-order valence-corrected chi connectivity index (χ2v) is 7.14. The number of amides is 1. The van der Waals surface area contributed by atoms with Crippen LogP contribution in [0.1, 0.15) is 17.4 Å². The Morgan fingerprint density at radius 2 is 2.21 bits per heavy atom. The van der Waals surface area contributed by atoms with Gasteiger partial charge in [-0.25, -0.2) is 9.37 Å². The van der Waals surface area contributed by atoms with E-state index in [2.05, 4.69) is 15.2 Å². The number of hydrogen-bond acceptors (Lipinski definition) is 7. The second kappa shape index (κ2) is 9.99. The molecule has 1 aromatic rings. The summed E-state index contributed by atoms with van der Waals surface area (Å²) in [5, 5.41) is 2.80. The predicted octanol–water partition coefficient (Wildman–Crippen LogP) is 1.05. The summed E-state index contributed by atoms with van der Waals surface area (Å²) in [7, 11) is 1.69. The number of nitrogens with zero attached hydrogens (tertiary/aromatic N) is 2. The highest BCUT2D eigenvalue weighted by molar-refractivity contribution is 5.93. The number of pyridine rings is 1. The molecular formula is C19H28FN3O5. The smallest absolute Gasteiger partial charge is 0.270 e. The largest absolute Gasteiger partial charge is 0.476 e. The molecular weight excluding hydrogens is 369 g/mol. The molecule has 3 heterocycles. The first kappa shape index (κ1) is 20.8. The Labute approximate surface area is 164 Å². The van der Waals surface area contributed by atoms with Gasteiger partial charge in [-0.2, -0.15) is 0 Å². The van der Waals surface area contributed by atoms with Crippen LogP contribution in [0.15, 0.2) is 12.1 Å². The van der Waals surface area contributed by atoms with Gasteiger partial charge in [-0.3, -0.25) is 4.79 Å². The van der Waals surface area contributed by atoms with E-state index in [1.807, 2.05) is 6.07 Å². The van der Waals surface area contributed by atoms with Crippen molar-refractivity contribution < 1.29 is 28.1 Å². The maximum atomic E-state index is 12.5. The van der Waals surface area contributed by atoms with Crippen molar-refractivity contribution in [3.05, 3.63) is 17.8 Å². The van der Waals surface area contributed by atoms with Gasteiger partial charge in [-0.05, 0) is 19.1 Å². The zero-order valence-corrected chi connectivity index (χ0v) is 16.4. The van der Waals surface area contributed by atoms with Crippen molar-refractivity contribution >= 4 is 11.6 Å². The van der Waals surface area contributed by atoms with Gasteiger partial charge < -0.3 is 29.2 Å². The molecule has 1 amide bonds. The molecule has 0 saturated carbocycles. The number of aromatic nitrogens is 1. The van der Waals surface area contributed by atoms with Crippen LogP contribution in [0, 0.1) is 5.92 Å². The van der Waals surface area contributed by atoms with Gasteiger partial charge in [0.25, 0.3) is 5.91 Å². The molecule has 9 heteroatoms. The van der Waals surface area contributed by atoms with Crippen LogP contribution in [-0.2, 0) is 14.2 Å². The van der Waals surface area contributed by atoms with E-state index in [-0.39, 0.29) is 37.0 Å². The van der Waals surface area contributed by atoms with E-state index in [9.17, 15) is 9.18 Å². The molecule has 0 spiro atoms. The lowest BCUT2D eigenvalue weighted by Crippen LogP contribution is -2.52. The quantitative estimate of drug-likeness (QED) is 0.559. The molecule has 2 fully saturated rings. The fourth-order valence-electron chi connectivity index (χ4n) is 2.92. The van der Waals surface area contributed by atoms with Crippen molar-refractivity contribution in [3.8, 4) is 5.88 Å². The lowest BCUT2D eigenvalue weighted by molar-refractivity contribution is -0.0514. The average molecular weight is 397 g/mol. The second-order valence-electron chi connectivity index (χ2n) is 7.14. The van der Waals surface area contributed by atoms with E-state index in [1.165, 1.54) is 0 Å². The summed E-state index contributed by atoms with van der Waals surface area (Å²) < 4.78 is 33.7. The molecule has 1 aromatic heterocycles. The zero-order valence-electron chi connectivity index (χ0n) is 16.4. The molecule has 0 aromatic carbocycles. The monoisotopic (exact) mass is 397 g/mol. The third kappa shape index (κ3) is 5.30. The van der Waals surface area contributed by atoms with E-state index in [1.54, 1.807) is 20.1 Å². The van der Waals surface area contributed by atoms with Gasteiger partial charge in [-0.1, -0.05) is 0 Å². The van der Waals surface area contributed by atoms with Crippen molar-refractivity contribution in [2.45, 2.75) is 19.1 Å². The van der Waals surface area contributed by atoms with E-state index in [0.717, 1.165) is 18.8 Å². The van der Waals surface area contributed by atoms with E-state index < -0.39 is 6.67 Å². The van der Waals surface area contributed by atoms with Gasteiger partial charge >= 0.3 is 0 Å². The number of methoxy groups -OCH3 is 1. The number of alkyl halides is 1. The van der Waals surface area contributed by atoms with Crippen molar-refractivity contribution in [2.24, 2.45) is 5.92 Å². The molecule has 0 unspecified atom stereocenters. The van der Waals surface area contributed by atoms with Crippen LogP contribution in [-0.4, -0.2) is 82.9 Å². The van der Waals surface area contributed by atoms with Crippen LogP contribution >= 0.6 is 0 Å². The highest BCUT2D eigenvalue weighted by Gasteiger charge is 2.30. The summed E-state index contributed by atoms with van der Waals surface area (Å²) in [6.45, 7) is 4.90. The summed E-state index contributed by atoms with van der Waals surface area (Å²) in [6, 6.07) is 3.28. The van der Waals surface area contributed by atoms with Crippen LogP contribution < -0.4 is 15.0 Å². The summed E-state index contributed by atoms with van der Waals surface area (Å²) in [5.41, 5.74) is 1.12. The van der Waals surface area contributed by atoms with Gasteiger partial charge in [0, 0.05) is 32.2 Å². The van der Waals surface area contributed by atoms with Crippen LogP contribution in [0.2, 0.25) is 0 Å². The standard InChI is InChI=1S/C19H28FN3O5/c1-13(9-26-6-5-20)21-18(24)16-3-4-17(23-7-15(8-23)25-2)19(22-16)28-12-14-10-27-11-14/h3-4,13-15H,5-12H2,1-2H3,(H,21,24)/t13-/m0/s1. The van der Waals surface area contributed by atoms with Crippen molar-refractivity contribution in [1.82, 2.24) is 10.3 Å². The molecule has 28 heavy (non-hydrogen) atoms. The Bertz CT molecular complexity index is 652. The number of ether oxygens (including phenoxy) is 4. The Morgan fingerprint density at radius 1 is 1.43 bits per heavy atom.